The number of aliphatic imine (C=N–C) groups is 1. The molecule has 0 amide bonds. The zero-order valence-corrected chi connectivity index (χ0v) is 12.2. The molecule has 1 aromatic heterocycles. The van der Waals surface area contributed by atoms with E-state index in [1.165, 1.54) is 7.11 Å². The van der Waals surface area contributed by atoms with Crippen LogP contribution in [0.5, 0.6) is 0 Å². The number of carbonyl (C=O) groups is 1. The second-order valence-corrected chi connectivity index (χ2v) is 5.08. The first-order valence-corrected chi connectivity index (χ1v) is 7.01. The van der Waals surface area contributed by atoms with Gasteiger partial charge in [-0.3, -0.25) is 0 Å². The van der Waals surface area contributed by atoms with Crippen LogP contribution in [0.15, 0.2) is 41.5 Å². The Bertz CT molecular complexity index is 691. The molecule has 0 saturated heterocycles. The second kappa shape index (κ2) is 6.03. The summed E-state index contributed by atoms with van der Waals surface area (Å²) in [4.78, 5) is 20.4. The van der Waals surface area contributed by atoms with E-state index >= 15 is 0 Å². The lowest BCUT2D eigenvalue weighted by atomic mass is 10.1. The number of carbonyl (C=O) groups excluding carboxylic acids is 1. The van der Waals surface area contributed by atoms with Crippen LogP contribution in [0.25, 0.3) is 0 Å². The van der Waals surface area contributed by atoms with Crippen molar-refractivity contribution in [2.24, 2.45) is 4.99 Å². The maximum atomic E-state index is 11.4. The van der Waals surface area contributed by atoms with Crippen LogP contribution in [0.1, 0.15) is 27.7 Å². The first-order chi connectivity index (χ1) is 10.7. The van der Waals surface area contributed by atoms with E-state index in [9.17, 15) is 9.90 Å². The van der Waals surface area contributed by atoms with Gasteiger partial charge in [0.1, 0.15) is 5.82 Å². The highest BCUT2D eigenvalue weighted by Gasteiger charge is 2.22. The van der Waals surface area contributed by atoms with Gasteiger partial charge in [0.15, 0.2) is 6.23 Å². The summed E-state index contributed by atoms with van der Waals surface area (Å²) in [5, 5.41) is 10.3. The summed E-state index contributed by atoms with van der Waals surface area (Å²) in [6.45, 7) is 0.632. The van der Waals surface area contributed by atoms with Crippen molar-refractivity contribution in [3.05, 3.63) is 53.2 Å². The van der Waals surface area contributed by atoms with E-state index in [0.717, 1.165) is 17.5 Å². The summed E-state index contributed by atoms with van der Waals surface area (Å²) < 4.78 is 4.67. The van der Waals surface area contributed by atoms with Gasteiger partial charge in [-0.1, -0.05) is 12.1 Å². The van der Waals surface area contributed by atoms with Crippen molar-refractivity contribution in [3.63, 3.8) is 0 Å². The zero-order valence-electron chi connectivity index (χ0n) is 12.2. The lowest BCUT2D eigenvalue weighted by Gasteiger charge is -2.28. The predicted octanol–water partition coefficient (Wildman–Crippen LogP) is 2.01. The molecule has 1 aliphatic rings. The Morgan fingerprint density at radius 3 is 2.86 bits per heavy atom. The lowest BCUT2D eigenvalue weighted by molar-refractivity contribution is 0.0552. The van der Waals surface area contributed by atoms with Crippen LogP contribution >= 0.6 is 0 Å². The molecule has 0 spiro atoms. The number of nitrogens with one attached hydrogen (secondary N) is 1. The fraction of sp³-hybridized carbons (Fsp3) is 0.250. The van der Waals surface area contributed by atoms with Crippen molar-refractivity contribution in [2.45, 2.75) is 12.6 Å². The molecule has 1 aliphatic heterocycles. The van der Waals surface area contributed by atoms with Crippen molar-refractivity contribution in [3.8, 4) is 0 Å². The summed E-state index contributed by atoms with van der Waals surface area (Å²) >= 11 is 0. The number of H-pyrrole nitrogens is 1. The fourth-order valence-corrected chi connectivity index (χ4v) is 2.43. The van der Waals surface area contributed by atoms with E-state index in [-0.39, 0.29) is 5.97 Å². The first-order valence-electron chi connectivity index (χ1n) is 7.01. The number of methoxy groups -OCH3 is 1. The normalized spacial score (nSPS) is 16.5. The predicted molar refractivity (Wildman–Crippen MR) is 82.1 cm³/mol. The summed E-state index contributed by atoms with van der Waals surface area (Å²) in [6.07, 6.45) is 3.46. The van der Waals surface area contributed by atoms with Gasteiger partial charge in [-0.25, -0.2) is 9.79 Å². The molecule has 0 aliphatic carbocycles. The Balaban J connectivity index is 1.62. The van der Waals surface area contributed by atoms with Crippen LogP contribution in [0.4, 0.5) is 5.82 Å². The number of aliphatic hydroxyl groups is 1. The first kappa shape index (κ1) is 14.3. The summed E-state index contributed by atoms with van der Waals surface area (Å²) in [7, 11) is 1.36. The highest BCUT2D eigenvalue weighted by atomic mass is 16.5. The summed E-state index contributed by atoms with van der Waals surface area (Å²) in [6, 6.07) is 9.09. The number of nitrogens with zero attached hydrogens (tertiary/aromatic N) is 2. The molecule has 1 atom stereocenters. The molecule has 1 aromatic carbocycles. The molecular weight excluding hydrogens is 282 g/mol. The summed E-state index contributed by atoms with van der Waals surface area (Å²) in [5.41, 5.74) is 2.39. The Morgan fingerprint density at radius 2 is 2.14 bits per heavy atom. The second-order valence-electron chi connectivity index (χ2n) is 5.08. The van der Waals surface area contributed by atoms with E-state index < -0.39 is 6.23 Å². The number of aromatic amines is 1. The molecule has 1 unspecified atom stereocenters. The minimum absolute atomic E-state index is 0.342. The Labute approximate surface area is 128 Å². The molecule has 6 nitrogen and oxygen atoms in total. The van der Waals surface area contributed by atoms with E-state index in [0.29, 0.717) is 17.9 Å². The lowest BCUT2D eigenvalue weighted by Crippen LogP contribution is -2.31. The highest BCUT2D eigenvalue weighted by molar-refractivity contribution is 5.89. The van der Waals surface area contributed by atoms with Gasteiger partial charge in [-0.15, -0.1) is 0 Å². The van der Waals surface area contributed by atoms with E-state index in [4.69, 9.17) is 0 Å². The highest BCUT2D eigenvalue weighted by Crippen LogP contribution is 2.29. The number of benzene rings is 1. The molecule has 114 valence electrons. The number of aliphatic hydroxyl groups excluding tert-OH is 1. The molecule has 2 aromatic rings. The zero-order chi connectivity index (χ0) is 15.5. The number of ether oxygens (including phenoxy) is 1. The monoisotopic (exact) mass is 299 g/mol. The maximum Gasteiger partial charge on any atom is 0.337 e. The third-order valence-electron chi connectivity index (χ3n) is 3.72. The molecule has 6 heteroatoms. The molecule has 0 radical (unpaired) electrons. The number of rotatable bonds is 4. The van der Waals surface area contributed by atoms with Gasteiger partial charge in [-0.05, 0) is 30.2 Å². The average Bonchev–Trinajstić information content (AvgIpc) is 3.03. The third-order valence-corrected chi connectivity index (χ3v) is 3.72. The van der Waals surface area contributed by atoms with Crippen LogP contribution in [0.2, 0.25) is 0 Å². The van der Waals surface area contributed by atoms with Gasteiger partial charge >= 0.3 is 5.97 Å². The van der Waals surface area contributed by atoms with Crippen LogP contribution in [0, 0.1) is 0 Å². The van der Waals surface area contributed by atoms with Crippen LogP contribution < -0.4 is 0 Å². The number of aromatic nitrogens is 1. The van der Waals surface area contributed by atoms with Gasteiger partial charge in [0, 0.05) is 18.3 Å². The molecule has 3 rings (SSSR count). The smallest absolute Gasteiger partial charge is 0.337 e. The third kappa shape index (κ3) is 2.73. The van der Waals surface area contributed by atoms with Gasteiger partial charge in [0.2, 0.25) is 0 Å². The summed E-state index contributed by atoms with van der Waals surface area (Å²) in [5.74, 6) is 0.358. The van der Waals surface area contributed by atoms with Gasteiger partial charge < -0.3 is 19.7 Å². The largest absolute Gasteiger partial charge is 0.465 e. The average molecular weight is 299 g/mol. The van der Waals surface area contributed by atoms with Gasteiger partial charge in [-0.2, -0.15) is 0 Å². The van der Waals surface area contributed by atoms with Crippen LogP contribution in [-0.4, -0.2) is 41.0 Å². The number of hydrogen-bond donors (Lipinski definition) is 2. The number of fused-ring (bicyclic) bond motifs is 1. The van der Waals surface area contributed by atoms with E-state index in [1.54, 1.807) is 29.6 Å². The molecule has 22 heavy (non-hydrogen) atoms. The molecular formula is C16H17N3O3. The van der Waals surface area contributed by atoms with Gasteiger partial charge in [0.05, 0.1) is 19.0 Å². The van der Waals surface area contributed by atoms with Crippen LogP contribution in [-0.2, 0) is 11.2 Å². The van der Waals surface area contributed by atoms with Crippen molar-refractivity contribution < 1.29 is 14.6 Å². The Kier molecular flexibility index (Phi) is 3.93. The molecule has 0 bridgehead atoms. The topological polar surface area (TPSA) is 77.9 Å². The molecule has 2 N–H and O–H groups in total. The molecule has 0 saturated carbocycles. The number of hydrogen-bond acceptors (Lipinski definition) is 5. The molecule has 2 heterocycles. The van der Waals surface area contributed by atoms with Crippen molar-refractivity contribution in [1.82, 2.24) is 9.88 Å². The fourth-order valence-electron chi connectivity index (χ4n) is 2.43. The van der Waals surface area contributed by atoms with E-state index in [1.807, 2.05) is 18.2 Å². The standard InChI is InChI=1S/C16H17N3O3/c1-22-16(21)12-4-2-11(3-5-12)7-9-19-10-18-14-13(15(19)20)6-8-17-14/h2-6,8,10,15,17,20H,7,9H2,1H3. The minimum atomic E-state index is -0.687. The van der Waals surface area contributed by atoms with Crippen molar-refractivity contribution in [2.75, 3.05) is 13.7 Å². The maximum absolute atomic E-state index is 11.4. The van der Waals surface area contributed by atoms with Crippen molar-refractivity contribution >= 4 is 18.1 Å². The van der Waals surface area contributed by atoms with Crippen LogP contribution in [0.3, 0.4) is 0 Å². The Hall–Kier alpha value is -2.60. The number of esters is 1. The molecule has 0 fully saturated rings. The quantitative estimate of drug-likeness (QED) is 0.847. The Morgan fingerprint density at radius 1 is 1.36 bits per heavy atom. The minimum Gasteiger partial charge on any atom is -0.465 e. The van der Waals surface area contributed by atoms with E-state index in [2.05, 4.69) is 14.7 Å². The SMILES string of the molecule is COC(=O)c1ccc(CCN2C=Nc3[nH]ccc3C2O)cc1. The van der Waals surface area contributed by atoms with Crippen molar-refractivity contribution in [1.29, 1.82) is 0 Å². The van der Waals surface area contributed by atoms with Gasteiger partial charge in [0.25, 0.3) is 0 Å².